The van der Waals surface area contributed by atoms with Gasteiger partial charge in [0.1, 0.15) is 18.1 Å². The van der Waals surface area contributed by atoms with Gasteiger partial charge in [0, 0.05) is 0 Å². The van der Waals surface area contributed by atoms with Crippen LogP contribution in [0.3, 0.4) is 0 Å². The van der Waals surface area contributed by atoms with Crippen molar-refractivity contribution in [3.05, 3.63) is 60.7 Å². The third-order valence-corrected chi connectivity index (χ3v) is 1.86. The fourth-order valence-corrected chi connectivity index (χ4v) is 1.11. The molecular weight excluding hydrogens is 216 g/mol. The number of hydrogen-bond donors (Lipinski definition) is 2. The molecular formula is C14H16O3. The van der Waals surface area contributed by atoms with Gasteiger partial charge in [-0.05, 0) is 24.3 Å². The number of benzene rings is 2. The molecule has 0 radical (unpaired) electrons. The van der Waals surface area contributed by atoms with E-state index in [4.69, 9.17) is 14.9 Å². The summed E-state index contributed by atoms with van der Waals surface area (Å²) in [7, 11) is 0. The Morgan fingerprint density at radius 1 is 0.824 bits per heavy atom. The highest BCUT2D eigenvalue weighted by Crippen LogP contribution is 2.07. The third kappa shape index (κ3) is 6.22. The average Bonchev–Trinajstić information content (AvgIpc) is 2.39. The summed E-state index contributed by atoms with van der Waals surface area (Å²) in [6, 6.07) is 18.1. The molecule has 0 spiro atoms. The van der Waals surface area contributed by atoms with E-state index in [1.807, 2.05) is 36.4 Å². The average molecular weight is 232 g/mol. The van der Waals surface area contributed by atoms with Gasteiger partial charge in [0.2, 0.25) is 0 Å². The van der Waals surface area contributed by atoms with Gasteiger partial charge in [-0.25, -0.2) is 0 Å². The predicted molar refractivity (Wildman–Crippen MR) is 67.1 cm³/mol. The standard InChI is InChI=1S/C8H10O2.C6H6O/c9-6-7-10-8-4-2-1-3-5-8;7-6-4-2-1-3-5-6/h1-5,9H,6-7H2;1-5,7H. The van der Waals surface area contributed by atoms with Gasteiger partial charge in [0.25, 0.3) is 0 Å². The van der Waals surface area contributed by atoms with Crippen LogP contribution in [0.15, 0.2) is 60.7 Å². The second kappa shape index (κ2) is 8.19. The van der Waals surface area contributed by atoms with Crippen molar-refractivity contribution in [1.29, 1.82) is 0 Å². The molecule has 90 valence electrons. The second-order valence-electron chi connectivity index (χ2n) is 3.22. The Kier molecular flexibility index (Phi) is 6.29. The molecule has 2 aromatic rings. The van der Waals surface area contributed by atoms with Crippen LogP contribution < -0.4 is 4.74 Å². The molecule has 0 fully saturated rings. The highest BCUT2D eigenvalue weighted by atomic mass is 16.5. The molecule has 3 nitrogen and oxygen atoms in total. The van der Waals surface area contributed by atoms with E-state index in [-0.39, 0.29) is 6.61 Å². The summed E-state index contributed by atoms with van der Waals surface area (Å²) < 4.78 is 5.11. The first-order chi connectivity index (χ1) is 8.33. The minimum atomic E-state index is 0.0644. The molecule has 0 aromatic heterocycles. The number of phenolic OH excluding ortho intramolecular Hbond substituents is 1. The lowest BCUT2D eigenvalue weighted by Gasteiger charge is -2.01. The quantitative estimate of drug-likeness (QED) is 0.854. The van der Waals surface area contributed by atoms with E-state index in [1.165, 1.54) is 0 Å². The molecule has 0 unspecified atom stereocenters. The zero-order chi connectivity index (χ0) is 12.3. The van der Waals surface area contributed by atoms with Gasteiger partial charge in [0.05, 0.1) is 6.61 Å². The monoisotopic (exact) mass is 232 g/mol. The summed E-state index contributed by atoms with van der Waals surface area (Å²) in [6.07, 6.45) is 0. The SMILES string of the molecule is OCCOc1ccccc1.Oc1ccccc1. The van der Waals surface area contributed by atoms with E-state index in [1.54, 1.807) is 24.3 Å². The number of aliphatic hydroxyl groups excluding tert-OH is 1. The van der Waals surface area contributed by atoms with E-state index in [0.29, 0.717) is 12.4 Å². The Morgan fingerprint density at radius 2 is 1.35 bits per heavy atom. The molecule has 0 amide bonds. The van der Waals surface area contributed by atoms with Gasteiger partial charge in [-0.1, -0.05) is 36.4 Å². The van der Waals surface area contributed by atoms with Crippen LogP contribution in [0.2, 0.25) is 0 Å². The molecule has 0 aliphatic heterocycles. The van der Waals surface area contributed by atoms with Crippen molar-refractivity contribution in [3.8, 4) is 11.5 Å². The fraction of sp³-hybridized carbons (Fsp3) is 0.143. The van der Waals surface area contributed by atoms with E-state index in [9.17, 15) is 0 Å². The lowest BCUT2D eigenvalue weighted by atomic mass is 10.3. The summed E-state index contributed by atoms with van der Waals surface area (Å²) in [5.41, 5.74) is 0. The topological polar surface area (TPSA) is 49.7 Å². The van der Waals surface area contributed by atoms with Crippen LogP contribution in [0.4, 0.5) is 0 Å². The molecule has 0 heterocycles. The number of aromatic hydroxyl groups is 1. The van der Waals surface area contributed by atoms with E-state index >= 15 is 0 Å². The number of aliphatic hydroxyl groups is 1. The van der Waals surface area contributed by atoms with Crippen molar-refractivity contribution in [3.63, 3.8) is 0 Å². The maximum absolute atomic E-state index is 8.63. The largest absolute Gasteiger partial charge is 0.508 e. The molecule has 2 aromatic carbocycles. The van der Waals surface area contributed by atoms with Crippen LogP contribution in [0.1, 0.15) is 0 Å². The molecule has 0 bridgehead atoms. The van der Waals surface area contributed by atoms with E-state index < -0.39 is 0 Å². The van der Waals surface area contributed by atoms with Crippen LogP contribution in [-0.2, 0) is 0 Å². The minimum absolute atomic E-state index is 0.0644. The summed E-state index contributed by atoms with van der Waals surface area (Å²) >= 11 is 0. The highest BCUT2D eigenvalue weighted by molar-refractivity contribution is 5.20. The van der Waals surface area contributed by atoms with Gasteiger partial charge in [-0.2, -0.15) is 0 Å². The van der Waals surface area contributed by atoms with Gasteiger partial charge in [-0.15, -0.1) is 0 Å². The number of ether oxygens (including phenoxy) is 1. The number of hydrogen-bond acceptors (Lipinski definition) is 3. The molecule has 17 heavy (non-hydrogen) atoms. The van der Waals surface area contributed by atoms with Crippen LogP contribution in [0.25, 0.3) is 0 Å². The molecule has 0 atom stereocenters. The molecule has 2 N–H and O–H groups in total. The molecule has 0 aliphatic carbocycles. The van der Waals surface area contributed by atoms with Gasteiger partial charge < -0.3 is 14.9 Å². The van der Waals surface area contributed by atoms with Crippen molar-refractivity contribution < 1.29 is 14.9 Å². The first-order valence-corrected chi connectivity index (χ1v) is 5.35. The molecule has 3 heteroatoms. The molecule has 0 aliphatic rings. The van der Waals surface area contributed by atoms with Crippen molar-refractivity contribution in [2.75, 3.05) is 13.2 Å². The third-order valence-electron chi connectivity index (χ3n) is 1.86. The zero-order valence-electron chi connectivity index (χ0n) is 9.49. The minimum Gasteiger partial charge on any atom is -0.508 e. The van der Waals surface area contributed by atoms with Crippen molar-refractivity contribution in [2.45, 2.75) is 0 Å². The van der Waals surface area contributed by atoms with Gasteiger partial charge >= 0.3 is 0 Å². The molecule has 2 rings (SSSR count). The maximum atomic E-state index is 8.63. The van der Waals surface area contributed by atoms with Crippen LogP contribution in [-0.4, -0.2) is 23.4 Å². The molecule has 0 saturated heterocycles. The second-order valence-corrected chi connectivity index (χ2v) is 3.22. The summed E-state index contributed by atoms with van der Waals surface area (Å²) in [4.78, 5) is 0. The fourth-order valence-electron chi connectivity index (χ4n) is 1.11. The van der Waals surface area contributed by atoms with Gasteiger partial charge in [0.15, 0.2) is 0 Å². The Bertz CT molecular complexity index is 387. The summed E-state index contributed by atoms with van der Waals surface area (Å²) in [6.45, 7) is 0.429. The number of rotatable bonds is 3. The normalized spacial score (nSPS) is 9.00. The van der Waals surface area contributed by atoms with Crippen molar-refractivity contribution in [2.24, 2.45) is 0 Å². The maximum Gasteiger partial charge on any atom is 0.119 e. The Labute approximate surface area is 101 Å². The van der Waals surface area contributed by atoms with Crippen LogP contribution >= 0.6 is 0 Å². The van der Waals surface area contributed by atoms with E-state index in [0.717, 1.165) is 5.75 Å². The number of para-hydroxylation sites is 2. The van der Waals surface area contributed by atoms with Crippen molar-refractivity contribution >= 4 is 0 Å². The first kappa shape index (κ1) is 13.1. The summed E-state index contributed by atoms with van der Waals surface area (Å²) in [5.74, 6) is 1.12. The van der Waals surface area contributed by atoms with E-state index in [2.05, 4.69) is 0 Å². The number of phenols is 1. The Balaban J connectivity index is 0.000000181. The predicted octanol–water partition coefficient (Wildman–Crippen LogP) is 2.45. The Hall–Kier alpha value is -2.00. The lowest BCUT2D eigenvalue weighted by molar-refractivity contribution is 0.201. The lowest BCUT2D eigenvalue weighted by Crippen LogP contribution is -2.00. The zero-order valence-corrected chi connectivity index (χ0v) is 9.49. The molecule has 0 saturated carbocycles. The first-order valence-electron chi connectivity index (χ1n) is 5.35. The van der Waals surface area contributed by atoms with Crippen LogP contribution in [0, 0.1) is 0 Å². The van der Waals surface area contributed by atoms with Gasteiger partial charge in [-0.3, -0.25) is 0 Å². The van der Waals surface area contributed by atoms with Crippen molar-refractivity contribution in [1.82, 2.24) is 0 Å². The summed E-state index contributed by atoms with van der Waals surface area (Å²) in [5, 5.41) is 17.0. The smallest absolute Gasteiger partial charge is 0.119 e. The van der Waals surface area contributed by atoms with Crippen LogP contribution in [0.5, 0.6) is 11.5 Å². The Morgan fingerprint density at radius 3 is 1.76 bits per heavy atom. The highest BCUT2D eigenvalue weighted by Gasteiger charge is 1.87.